The van der Waals surface area contributed by atoms with E-state index in [4.69, 9.17) is 15.9 Å². The number of carboxylic acid groups (broad SMARTS) is 1. The largest absolute Gasteiger partial charge is 0.480 e. The molecule has 0 heterocycles. The lowest BCUT2D eigenvalue weighted by Crippen LogP contribution is -2.47. The molecule has 0 aliphatic rings. The summed E-state index contributed by atoms with van der Waals surface area (Å²) in [5, 5.41) is 19.9. The second-order valence-corrected chi connectivity index (χ2v) is 4.31. The number of rotatable bonds is 6. The van der Waals surface area contributed by atoms with Crippen LogP contribution in [0, 0.1) is 5.92 Å². The van der Waals surface area contributed by atoms with Gasteiger partial charge in [-0.2, -0.15) is 0 Å². The molecule has 1 aromatic rings. The molecule has 6 heteroatoms. The van der Waals surface area contributed by atoms with Crippen molar-refractivity contribution in [1.82, 2.24) is 5.32 Å². The maximum absolute atomic E-state index is 11.9. The molecule has 0 aromatic heterocycles. The van der Waals surface area contributed by atoms with E-state index in [1.165, 1.54) is 0 Å². The molecule has 6 nitrogen and oxygen atoms in total. The molecular formula is C13H18N2O4. The first-order chi connectivity index (χ1) is 8.97. The van der Waals surface area contributed by atoms with Crippen LogP contribution in [0.1, 0.15) is 18.5 Å². The molecule has 1 amide bonds. The Bertz CT molecular complexity index is 436. The van der Waals surface area contributed by atoms with E-state index in [1.807, 2.05) is 18.2 Å². The molecule has 0 saturated heterocycles. The second-order valence-electron chi connectivity index (χ2n) is 4.31. The van der Waals surface area contributed by atoms with Gasteiger partial charge in [0.05, 0.1) is 12.5 Å². The van der Waals surface area contributed by atoms with Gasteiger partial charge in [0.1, 0.15) is 6.04 Å². The Kier molecular flexibility index (Phi) is 5.47. The number of benzene rings is 1. The fraction of sp³-hybridized carbons (Fsp3) is 0.385. The third-order valence-corrected chi connectivity index (χ3v) is 2.93. The average Bonchev–Trinajstić information content (AvgIpc) is 2.43. The van der Waals surface area contributed by atoms with Crippen LogP contribution in [0.4, 0.5) is 0 Å². The van der Waals surface area contributed by atoms with E-state index in [-0.39, 0.29) is 0 Å². The van der Waals surface area contributed by atoms with Gasteiger partial charge >= 0.3 is 5.97 Å². The smallest absolute Gasteiger partial charge is 0.328 e. The molecule has 0 bridgehead atoms. The zero-order valence-electron chi connectivity index (χ0n) is 10.6. The Morgan fingerprint density at radius 1 is 1.32 bits per heavy atom. The summed E-state index contributed by atoms with van der Waals surface area (Å²) < 4.78 is 0. The zero-order valence-corrected chi connectivity index (χ0v) is 10.6. The first-order valence-electron chi connectivity index (χ1n) is 5.92. The highest BCUT2D eigenvalue weighted by molar-refractivity contribution is 5.85. The molecule has 5 N–H and O–H groups in total. The Morgan fingerprint density at radius 2 is 1.89 bits per heavy atom. The lowest BCUT2D eigenvalue weighted by Gasteiger charge is -2.21. The number of carbonyl (C=O) groups is 2. The van der Waals surface area contributed by atoms with E-state index >= 15 is 0 Å². The van der Waals surface area contributed by atoms with Gasteiger partial charge in [-0.25, -0.2) is 4.79 Å². The number of aliphatic carboxylic acids is 1. The summed E-state index contributed by atoms with van der Waals surface area (Å²) in [6.45, 7) is 0.956. The van der Waals surface area contributed by atoms with Crippen LogP contribution >= 0.6 is 0 Å². The number of aliphatic hydroxyl groups excluding tert-OH is 1. The molecule has 0 radical (unpaired) electrons. The Hall–Kier alpha value is -1.92. The van der Waals surface area contributed by atoms with Crippen molar-refractivity contribution >= 4 is 11.9 Å². The van der Waals surface area contributed by atoms with E-state index in [9.17, 15) is 9.59 Å². The van der Waals surface area contributed by atoms with Crippen LogP contribution in [0.5, 0.6) is 0 Å². The molecule has 0 spiro atoms. The van der Waals surface area contributed by atoms with Crippen molar-refractivity contribution in [2.45, 2.75) is 19.0 Å². The van der Waals surface area contributed by atoms with Gasteiger partial charge in [-0.1, -0.05) is 37.3 Å². The van der Waals surface area contributed by atoms with Crippen LogP contribution in [-0.2, 0) is 9.59 Å². The first kappa shape index (κ1) is 15.1. The lowest BCUT2D eigenvalue weighted by molar-refractivity contribution is -0.143. The topological polar surface area (TPSA) is 113 Å². The standard InChI is InChI=1S/C13H18N2O4/c1-8(11(14)9-5-3-2-4-6-9)12(17)15-10(7-16)13(18)19/h2-6,8,10-11,16H,7,14H2,1H3,(H,15,17)(H,18,19)/t8?,10-,11?/m1/s1. The predicted octanol–water partition coefficient (Wildman–Crippen LogP) is -0.116. The molecule has 0 aliphatic heterocycles. The summed E-state index contributed by atoms with van der Waals surface area (Å²) in [6.07, 6.45) is 0. The molecule has 19 heavy (non-hydrogen) atoms. The highest BCUT2D eigenvalue weighted by Crippen LogP contribution is 2.19. The van der Waals surface area contributed by atoms with Crippen molar-refractivity contribution in [3.8, 4) is 0 Å². The minimum Gasteiger partial charge on any atom is -0.480 e. The van der Waals surface area contributed by atoms with Crippen molar-refractivity contribution in [2.24, 2.45) is 11.7 Å². The van der Waals surface area contributed by atoms with E-state index < -0.39 is 36.5 Å². The van der Waals surface area contributed by atoms with Gasteiger partial charge < -0.3 is 21.3 Å². The number of carbonyl (C=O) groups excluding carboxylic acids is 1. The lowest BCUT2D eigenvalue weighted by atomic mass is 9.94. The monoisotopic (exact) mass is 266 g/mol. The number of aliphatic hydroxyl groups is 1. The maximum Gasteiger partial charge on any atom is 0.328 e. The highest BCUT2D eigenvalue weighted by Gasteiger charge is 2.26. The number of amides is 1. The van der Waals surface area contributed by atoms with Crippen molar-refractivity contribution in [2.75, 3.05) is 6.61 Å². The van der Waals surface area contributed by atoms with Crippen molar-refractivity contribution < 1.29 is 19.8 Å². The summed E-state index contributed by atoms with van der Waals surface area (Å²) >= 11 is 0. The van der Waals surface area contributed by atoms with Crippen LogP contribution in [0.2, 0.25) is 0 Å². The summed E-state index contributed by atoms with van der Waals surface area (Å²) in [6, 6.07) is 7.23. The predicted molar refractivity (Wildman–Crippen MR) is 69.2 cm³/mol. The minimum atomic E-state index is -1.31. The van der Waals surface area contributed by atoms with E-state index in [2.05, 4.69) is 5.32 Å². The van der Waals surface area contributed by atoms with Gasteiger partial charge in [0.2, 0.25) is 5.91 Å². The Morgan fingerprint density at radius 3 is 2.37 bits per heavy atom. The number of nitrogens with two attached hydrogens (primary N) is 1. The number of hydrogen-bond acceptors (Lipinski definition) is 4. The molecule has 0 saturated carbocycles. The molecule has 0 fully saturated rings. The summed E-state index contributed by atoms with van der Waals surface area (Å²) in [5.74, 6) is -2.38. The molecule has 3 atom stereocenters. The van der Waals surface area contributed by atoms with Gasteiger partial charge in [-0.3, -0.25) is 4.79 Å². The maximum atomic E-state index is 11.9. The minimum absolute atomic E-state index is 0.502. The number of carboxylic acids is 1. The molecule has 1 rings (SSSR count). The first-order valence-corrected chi connectivity index (χ1v) is 5.92. The van der Waals surface area contributed by atoms with Crippen molar-refractivity contribution in [3.05, 3.63) is 35.9 Å². The normalized spacial score (nSPS) is 15.3. The molecule has 2 unspecified atom stereocenters. The zero-order chi connectivity index (χ0) is 14.4. The quantitative estimate of drug-likeness (QED) is 0.573. The summed E-state index contributed by atoms with van der Waals surface area (Å²) in [7, 11) is 0. The van der Waals surface area contributed by atoms with Gasteiger partial charge in [0.15, 0.2) is 0 Å². The molecule has 0 aliphatic carbocycles. The third kappa shape index (κ3) is 4.04. The molecule has 1 aromatic carbocycles. The average molecular weight is 266 g/mol. The van der Waals surface area contributed by atoms with Crippen LogP contribution in [0.25, 0.3) is 0 Å². The summed E-state index contributed by atoms with van der Waals surface area (Å²) in [5.41, 5.74) is 6.75. The molecular weight excluding hydrogens is 248 g/mol. The molecule has 104 valence electrons. The fourth-order valence-electron chi connectivity index (χ4n) is 1.62. The second kappa shape index (κ2) is 6.86. The van der Waals surface area contributed by atoms with Crippen LogP contribution in [-0.4, -0.2) is 34.7 Å². The fourth-order valence-corrected chi connectivity index (χ4v) is 1.62. The van der Waals surface area contributed by atoms with E-state index in [0.717, 1.165) is 5.56 Å². The van der Waals surface area contributed by atoms with Crippen LogP contribution in [0.3, 0.4) is 0 Å². The third-order valence-electron chi connectivity index (χ3n) is 2.93. The van der Waals surface area contributed by atoms with Gasteiger partial charge in [-0.05, 0) is 5.56 Å². The number of nitrogens with one attached hydrogen (secondary N) is 1. The highest BCUT2D eigenvalue weighted by atomic mass is 16.4. The summed E-state index contributed by atoms with van der Waals surface area (Å²) in [4.78, 5) is 22.6. The van der Waals surface area contributed by atoms with E-state index in [0.29, 0.717) is 0 Å². The number of hydrogen-bond donors (Lipinski definition) is 4. The van der Waals surface area contributed by atoms with Crippen LogP contribution < -0.4 is 11.1 Å². The Balaban J connectivity index is 2.69. The van der Waals surface area contributed by atoms with Gasteiger partial charge in [0, 0.05) is 6.04 Å². The SMILES string of the molecule is CC(C(=O)N[C@H](CO)C(=O)O)C(N)c1ccccc1. The Labute approximate surface area is 111 Å². The van der Waals surface area contributed by atoms with Gasteiger partial charge in [0.25, 0.3) is 0 Å². The van der Waals surface area contributed by atoms with Gasteiger partial charge in [-0.15, -0.1) is 0 Å². The van der Waals surface area contributed by atoms with Crippen LogP contribution in [0.15, 0.2) is 30.3 Å². The van der Waals surface area contributed by atoms with Crippen molar-refractivity contribution in [3.63, 3.8) is 0 Å². The van der Waals surface area contributed by atoms with E-state index in [1.54, 1.807) is 19.1 Å². The van der Waals surface area contributed by atoms with Crippen molar-refractivity contribution in [1.29, 1.82) is 0 Å².